The molecule has 0 spiro atoms. The number of halogens is 1. The Morgan fingerprint density at radius 2 is 1.94 bits per heavy atom. The molecule has 0 saturated carbocycles. The number of carbonyl (C=O) groups is 1. The van der Waals surface area contributed by atoms with Gasteiger partial charge < -0.3 is 14.1 Å². The quantitative estimate of drug-likeness (QED) is 0.469. The standard InChI is InChI=1S/C22H17FN2O6/c23-13-5-8-17-16(10-13)20(26)18-19(12-3-6-14(7-4-12)25(28)29)24(22(27)21(18)31-17)11-15-2-1-9-30-15/h3-8,10,15,19H,1-2,9,11H2/t15-,19-/m0/s1. The zero-order valence-electron chi connectivity index (χ0n) is 16.2. The third-order valence-corrected chi connectivity index (χ3v) is 5.77. The van der Waals surface area contributed by atoms with E-state index in [1.165, 1.54) is 35.2 Å². The van der Waals surface area contributed by atoms with Crippen molar-refractivity contribution in [3.8, 4) is 0 Å². The summed E-state index contributed by atoms with van der Waals surface area (Å²) in [6.07, 6.45) is 1.48. The number of rotatable bonds is 4. The van der Waals surface area contributed by atoms with Gasteiger partial charge >= 0.3 is 0 Å². The molecule has 1 fully saturated rings. The molecule has 2 aromatic carbocycles. The number of hydrogen-bond acceptors (Lipinski definition) is 6. The smallest absolute Gasteiger partial charge is 0.291 e. The summed E-state index contributed by atoms with van der Waals surface area (Å²) in [7, 11) is 0. The second-order valence-corrected chi connectivity index (χ2v) is 7.66. The summed E-state index contributed by atoms with van der Waals surface area (Å²) in [5, 5.41) is 11.1. The highest BCUT2D eigenvalue weighted by Gasteiger charge is 2.44. The van der Waals surface area contributed by atoms with E-state index in [9.17, 15) is 24.1 Å². The summed E-state index contributed by atoms with van der Waals surface area (Å²) in [5.74, 6) is -1.14. The van der Waals surface area contributed by atoms with Crippen molar-refractivity contribution >= 4 is 22.6 Å². The molecule has 9 heteroatoms. The predicted octanol–water partition coefficient (Wildman–Crippen LogP) is 3.56. The van der Waals surface area contributed by atoms with Crippen molar-refractivity contribution in [1.29, 1.82) is 0 Å². The van der Waals surface area contributed by atoms with E-state index in [2.05, 4.69) is 0 Å². The Hall–Kier alpha value is -3.59. The van der Waals surface area contributed by atoms with Crippen LogP contribution in [0.3, 0.4) is 0 Å². The first-order chi connectivity index (χ1) is 14.9. The van der Waals surface area contributed by atoms with Gasteiger partial charge in [0.15, 0.2) is 5.43 Å². The molecule has 0 bridgehead atoms. The third-order valence-electron chi connectivity index (χ3n) is 5.77. The van der Waals surface area contributed by atoms with Gasteiger partial charge in [0.25, 0.3) is 11.6 Å². The SMILES string of the molecule is O=C1c2oc3ccc(F)cc3c(=O)c2[C@H](c2ccc([N+](=O)[O-])cc2)N1C[C@@H]1CCCO1. The van der Waals surface area contributed by atoms with Crippen LogP contribution in [0.2, 0.25) is 0 Å². The van der Waals surface area contributed by atoms with Crippen LogP contribution in [0, 0.1) is 15.9 Å². The lowest BCUT2D eigenvalue weighted by Gasteiger charge is -2.27. The molecular formula is C22H17FN2O6. The average Bonchev–Trinajstić information content (AvgIpc) is 3.36. The largest absolute Gasteiger partial charge is 0.450 e. The van der Waals surface area contributed by atoms with E-state index in [4.69, 9.17) is 9.15 Å². The fourth-order valence-electron chi connectivity index (χ4n) is 4.31. The number of nitro benzene ring substituents is 1. The van der Waals surface area contributed by atoms with Crippen molar-refractivity contribution in [2.45, 2.75) is 25.0 Å². The zero-order valence-corrected chi connectivity index (χ0v) is 16.2. The average molecular weight is 424 g/mol. The van der Waals surface area contributed by atoms with Gasteiger partial charge in [-0.05, 0) is 48.7 Å². The molecule has 0 aliphatic carbocycles. The molecule has 1 aromatic heterocycles. The maximum Gasteiger partial charge on any atom is 0.291 e. The summed E-state index contributed by atoms with van der Waals surface area (Å²) >= 11 is 0. The van der Waals surface area contributed by atoms with Gasteiger partial charge in [-0.3, -0.25) is 19.7 Å². The van der Waals surface area contributed by atoms with Gasteiger partial charge in [-0.2, -0.15) is 0 Å². The Balaban J connectivity index is 1.69. The maximum absolute atomic E-state index is 13.8. The molecule has 0 unspecified atom stereocenters. The molecular weight excluding hydrogens is 407 g/mol. The molecule has 2 aliphatic rings. The highest BCUT2D eigenvalue weighted by molar-refractivity contribution is 5.99. The first kappa shape index (κ1) is 19.4. The molecule has 2 aliphatic heterocycles. The van der Waals surface area contributed by atoms with Gasteiger partial charge in [0.1, 0.15) is 11.4 Å². The van der Waals surface area contributed by atoms with Crippen molar-refractivity contribution in [2.24, 2.45) is 0 Å². The molecule has 0 N–H and O–H groups in total. The normalized spacial score (nSPS) is 20.4. The van der Waals surface area contributed by atoms with Gasteiger partial charge in [-0.25, -0.2) is 4.39 Å². The van der Waals surface area contributed by atoms with Gasteiger partial charge in [0, 0.05) is 25.3 Å². The van der Waals surface area contributed by atoms with Gasteiger partial charge in [0.2, 0.25) is 5.76 Å². The van der Waals surface area contributed by atoms with Crippen LogP contribution >= 0.6 is 0 Å². The predicted molar refractivity (Wildman–Crippen MR) is 107 cm³/mol. The van der Waals surface area contributed by atoms with Gasteiger partial charge in [0.05, 0.1) is 28.0 Å². The van der Waals surface area contributed by atoms with E-state index >= 15 is 0 Å². The van der Waals surface area contributed by atoms with Crippen LogP contribution in [0.1, 0.15) is 40.6 Å². The van der Waals surface area contributed by atoms with Crippen molar-refractivity contribution < 1.29 is 23.3 Å². The summed E-state index contributed by atoms with van der Waals surface area (Å²) in [6.45, 7) is 0.844. The van der Waals surface area contributed by atoms with Crippen molar-refractivity contribution in [3.63, 3.8) is 0 Å². The molecule has 3 aromatic rings. The minimum absolute atomic E-state index is 0.0393. The van der Waals surface area contributed by atoms with Crippen LogP contribution < -0.4 is 5.43 Å². The lowest BCUT2D eigenvalue weighted by Crippen LogP contribution is -2.36. The number of benzene rings is 2. The molecule has 2 atom stereocenters. The summed E-state index contributed by atoms with van der Waals surface area (Å²) < 4.78 is 25.2. The maximum atomic E-state index is 13.8. The minimum Gasteiger partial charge on any atom is -0.450 e. The highest BCUT2D eigenvalue weighted by atomic mass is 19.1. The fourth-order valence-corrected chi connectivity index (χ4v) is 4.31. The minimum atomic E-state index is -0.809. The van der Waals surface area contributed by atoms with Crippen LogP contribution in [0.25, 0.3) is 11.0 Å². The number of hydrogen-bond donors (Lipinski definition) is 0. The second-order valence-electron chi connectivity index (χ2n) is 7.66. The third kappa shape index (κ3) is 3.17. The molecule has 1 amide bonds. The second kappa shape index (κ2) is 7.28. The Bertz CT molecular complexity index is 1260. The van der Waals surface area contributed by atoms with Crippen LogP contribution in [-0.4, -0.2) is 35.0 Å². The molecule has 1 saturated heterocycles. The summed E-state index contributed by atoms with van der Waals surface area (Å²) in [4.78, 5) is 38.6. The monoisotopic (exact) mass is 424 g/mol. The number of ether oxygens (including phenoxy) is 1. The number of nitrogens with zero attached hydrogens (tertiary/aromatic N) is 2. The van der Waals surface area contributed by atoms with E-state index in [1.807, 2.05) is 0 Å². The van der Waals surface area contributed by atoms with Crippen LogP contribution in [-0.2, 0) is 4.74 Å². The summed E-state index contributed by atoms with van der Waals surface area (Å²) in [6, 6.07) is 8.44. The van der Waals surface area contributed by atoms with Crippen LogP contribution in [0.15, 0.2) is 51.7 Å². The first-order valence-electron chi connectivity index (χ1n) is 9.87. The lowest BCUT2D eigenvalue weighted by atomic mass is 9.98. The Kier molecular flexibility index (Phi) is 4.55. The first-order valence-corrected chi connectivity index (χ1v) is 9.87. The Morgan fingerprint density at radius 1 is 1.16 bits per heavy atom. The summed E-state index contributed by atoms with van der Waals surface area (Å²) in [5.41, 5.74) is 0.155. The van der Waals surface area contributed by atoms with E-state index in [0.717, 1.165) is 25.0 Å². The van der Waals surface area contributed by atoms with Gasteiger partial charge in [-0.15, -0.1) is 0 Å². The van der Waals surface area contributed by atoms with Crippen molar-refractivity contribution in [3.05, 3.63) is 85.5 Å². The molecule has 5 rings (SSSR count). The molecule has 158 valence electrons. The van der Waals surface area contributed by atoms with Crippen molar-refractivity contribution in [1.82, 2.24) is 4.90 Å². The van der Waals surface area contributed by atoms with E-state index in [-0.39, 0.29) is 40.6 Å². The number of carbonyl (C=O) groups excluding carboxylic acids is 1. The Morgan fingerprint density at radius 3 is 2.61 bits per heavy atom. The Labute approximate surface area is 175 Å². The molecule has 31 heavy (non-hydrogen) atoms. The molecule has 0 radical (unpaired) electrons. The fraction of sp³-hybridized carbons (Fsp3) is 0.273. The molecule has 3 heterocycles. The lowest BCUT2D eigenvalue weighted by molar-refractivity contribution is -0.384. The van der Waals surface area contributed by atoms with Crippen molar-refractivity contribution in [2.75, 3.05) is 13.2 Å². The molecule has 8 nitrogen and oxygen atoms in total. The number of nitro groups is 1. The zero-order chi connectivity index (χ0) is 21.7. The van der Waals surface area contributed by atoms with Crippen LogP contribution in [0.5, 0.6) is 0 Å². The van der Waals surface area contributed by atoms with E-state index in [0.29, 0.717) is 12.2 Å². The van der Waals surface area contributed by atoms with E-state index in [1.54, 1.807) is 0 Å². The topological polar surface area (TPSA) is 103 Å². The number of amides is 1. The van der Waals surface area contributed by atoms with Gasteiger partial charge in [-0.1, -0.05) is 0 Å². The van der Waals surface area contributed by atoms with Crippen LogP contribution in [0.4, 0.5) is 10.1 Å². The van der Waals surface area contributed by atoms with E-state index < -0.39 is 28.1 Å². The number of fused-ring (bicyclic) bond motifs is 2. The highest BCUT2D eigenvalue weighted by Crippen LogP contribution is 2.39. The number of non-ortho nitro benzene ring substituents is 1.